The Morgan fingerprint density at radius 3 is 2.77 bits per heavy atom. The van der Waals surface area contributed by atoms with Crippen LogP contribution in [0.1, 0.15) is 11.1 Å². The molecule has 70 valence electrons. The Kier molecular flexibility index (Phi) is 2.62. The zero-order valence-corrected chi connectivity index (χ0v) is 7.82. The molecule has 0 spiro atoms. The molecule has 1 aliphatic rings. The van der Waals surface area contributed by atoms with Crippen LogP contribution in [0.2, 0.25) is 0 Å². The van der Waals surface area contributed by atoms with Crippen LogP contribution in [0.15, 0.2) is 24.3 Å². The molecule has 2 nitrogen and oxygen atoms in total. The minimum atomic E-state index is -0.0261. The average Bonchev–Trinajstić information content (AvgIpc) is 2.57. The van der Waals surface area contributed by atoms with Gasteiger partial charge in [0.2, 0.25) is 0 Å². The summed E-state index contributed by atoms with van der Waals surface area (Å²) in [7, 11) is 0. The fraction of sp³-hybridized carbons (Fsp3) is 0.455. The van der Waals surface area contributed by atoms with Gasteiger partial charge in [-0.2, -0.15) is 0 Å². The average molecular weight is 178 g/mol. The van der Waals surface area contributed by atoms with Crippen LogP contribution in [0, 0.1) is 6.92 Å². The van der Waals surface area contributed by atoms with Gasteiger partial charge in [-0.1, -0.05) is 29.8 Å². The van der Waals surface area contributed by atoms with E-state index in [1.807, 2.05) is 0 Å². The van der Waals surface area contributed by atoms with E-state index in [0.29, 0.717) is 0 Å². The lowest BCUT2D eigenvalue weighted by atomic mass is 10.1. The molecule has 0 atom stereocenters. The molecule has 0 radical (unpaired) electrons. The lowest BCUT2D eigenvalue weighted by Crippen LogP contribution is -2.11. The van der Waals surface area contributed by atoms with Gasteiger partial charge in [0.15, 0.2) is 6.29 Å². The van der Waals surface area contributed by atoms with Crippen LogP contribution in [0.4, 0.5) is 0 Å². The highest BCUT2D eigenvalue weighted by molar-refractivity contribution is 5.22. The first-order valence-electron chi connectivity index (χ1n) is 4.63. The second-order valence-corrected chi connectivity index (χ2v) is 3.36. The fourth-order valence-corrected chi connectivity index (χ4v) is 1.56. The molecule has 1 aliphatic heterocycles. The third kappa shape index (κ3) is 2.29. The Morgan fingerprint density at radius 1 is 1.31 bits per heavy atom. The molecule has 0 N–H and O–H groups in total. The lowest BCUT2D eigenvalue weighted by Gasteiger charge is -2.08. The quantitative estimate of drug-likeness (QED) is 0.688. The van der Waals surface area contributed by atoms with E-state index in [9.17, 15) is 0 Å². The van der Waals surface area contributed by atoms with Crippen LogP contribution in [-0.4, -0.2) is 19.5 Å². The van der Waals surface area contributed by atoms with E-state index in [0.717, 1.165) is 19.6 Å². The zero-order valence-electron chi connectivity index (χ0n) is 7.82. The molecule has 0 bridgehead atoms. The highest BCUT2D eigenvalue weighted by Gasteiger charge is 2.15. The van der Waals surface area contributed by atoms with E-state index >= 15 is 0 Å². The van der Waals surface area contributed by atoms with Crippen LogP contribution in [0.5, 0.6) is 0 Å². The van der Waals surface area contributed by atoms with Crippen molar-refractivity contribution in [3.63, 3.8) is 0 Å². The largest absolute Gasteiger partial charge is 0.350 e. The maximum atomic E-state index is 5.37. The number of hydrogen-bond acceptors (Lipinski definition) is 2. The number of hydrogen-bond donors (Lipinski definition) is 0. The molecule has 0 unspecified atom stereocenters. The summed E-state index contributed by atoms with van der Waals surface area (Å²) in [5.41, 5.74) is 2.57. The van der Waals surface area contributed by atoms with Crippen molar-refractivity contribution in [3.8, 4) is 0 Å². The normalized spacial score (nSPS) is 17.9. The number of aryl methyl sites for hydroxylation is 1. The first-order chi connectivity index (χ1) is 6.34. The first kappa shape index (κ1) is 8.73. The Morgan fingerprint density at radius 2 is 2.08 bits per heavy atom. The molecule has 2 rings (SSSR count). The molecular weight excluding hydrogens is 164 g/mol. The van der Waals surface area contributed by atoms with Crippen molar-refractivity contribution >= 4 is 0 Å². The van der Waals surface area contributed by atoms with Crippen molar-refractivity contribution in [3.05, 3.63) is 35.4 Å². The monoisotopic (exact) mass is 178 g/mol. The van der Waals surface area contributed by atoms with E-state index in [1.165, 1.54) is 11.1 Å². The molecule has 0 amide bonds. The van der Waals surface area contributed by atoms with Crippen LogP contribution < -0.4 is 0 Å². The second kappa shape index (κ2) is 3.90. The van der Waals surface area contributed by atoms with Crippen molar-refractivity contribution in [1.82, 2.24) is 0 Å². The molecule has 0 aliphatic carbocycles. The summed E-state index contributed by atoms with van der Waals surface area (Å²) in [6, 6.07) is 8.45. The summed E-state index contributed by atoms with van der Waals surface area (Å²) in [5.74, 6) is 0. The molecule has 1 saturated heterocycles. The van der Waals surface area contributed by atoms with E-state index in [4.69, 9.17) is 9.47 Å². The van der Waals surface area contributed by atoms with Crippen molar-refractivity contribution in [2.45, 2.75) is 19.6 Å². The molecule has 0 saturated carbocycles. The fourth-order valence-electron chi connectivity index (χ4n) is 1.56. The maximum absolute atomic E-state index is 5.37. The summed E-state index contributed by atoms with van der Waals surface area (Å²) < 4.78 is 10.7. The van der Waals surface area contributed by atoms with Gasteiger partial charge in [0.25, 0.3) is 0 Å². The summed E-state index contributed by atoms with van der Waals surface area (Å²) in [6.07, 6.45) is 0.837. The summed E-state index contributed by atoms with van der Waals surface area (Å²) >= 11 is 0. The summed E-state index contributed by atoms with van der Waals surface area (Å²) in [5, 5.41) is 0. The van der Waals surface area contributed by atoms with Crippen LogP contribution >= 0.6 is 0 Å². The van der Waals surface area contributed by atoms with Crippen LogP contribution in [0.25, 0.3) is 0 Å². The van der Waals surface area contributed by atoms with Gasteiger partial charge < -0.3 is 9.47 Å². The number of benzene rings is 1. The molecule has 1 fully saturated rings. The Bertz CT molecular complexity index is 277. The number of ether oxygens (including phenoxy) is 2. The van der Waals surface area contributed by atoms with E-state index in [-0.39, 0.29) is 6.29 Å². The lowest BCUT2D eigenvalue weighted by molar-refractivity contribution is -0.0399. The SMILES string of the molecule is Cc1cccc(CC2OCCO2)c1. The van der Waals surface area contributed by atoms with E-state index < -0.39 is 0 Å². The molecule has 0 aromatic heterocycles. The van der Waals surface area contributed by atoms with Gasteiger partial charge >= 0.3 is 0 Å². The van der Waals surface area contributed by atoms with Gasteiger partial charge in [-0.15, -0.1) is 0 Å². The standard InChI is InChI=1S/C11H14O2/c1-9-3-2-4-10(7-9)8-11-12-5-6-13-11/h2-4,7,11H,5-6,8H2,1H3. The maximum Gasteiger partial charge on any atom is 0.161 e. The van der Waals surface area contributed by atoms with Crippen molar-refractivity contribution in [1.29, 1.82) is 0 Å². The zero-order chi connectivity index (χ0) is 9.10. The van der Waals surface area contributed by atoms with Gasteiger partial charge in [-0.05, 0) is 12.5 Å². The summed E-state index contributed by atoms with van der Waals surface area (Å²) in [6.45, 7) is 3.56. The van der Waals surface area contributed by atoms with E-state index in [1.54, 1.807) is 0 Å². The van der Waals surface area contributed by atoms with Crippen LogP contribution in [-0.2, 0) is 15.9 Å². The summed E-state index contributed by atoms with van der Waals surface area (Å²) in [4.78, 5) is 0. The van der Waals surface area contributed by atoms with Crippen molar-refractivity contribution in [2.24, 2.45) is 0 Å². The van der Waals surface area contributed by atoms with E-state index in [2.05, 4.69) is 31.2 Å². The number of rotatable bonds is 2. The van der Waals surface area contributed by atoms with Gasteiger partial charge in [0, 0.05) is 6.42 Å². The Balaban J connectivity index is 2.00. The molecular formula is C11H14O2. The minimum Gasteiger partial charge on any atom is -0.350 e. The predicted octanol–water partition coefficient (Wildman–Crippen LogP) is 1.91. The minimum absolute atomic E-state index is 0.0261. The predicted molar refractivity (Wildman–Crippen MR) is 50.6 cm³/mol. The Labute approximate surface area is 78.5 Å². The molecule has 1 aromatic carbocycles. The topological polar surface area (TPSA) is 18.5 Å². The van der Waals surface area contributed by atoms with Crippen LogP contribution in [0.3, 0.4) is 0 Å². The van der Waals surface area contributed by atoms with Gasteiger partial charge in [-0.3, -0.25) is 0 Å². The van der Waals surface area contributed by atoms with Gasteiger partial charge in [-0.25, -0.2) is 0 Å². The molecule has 2 heteroatoms. The van der Waals surface area contributed by atoms with Gasteiger partial charge in [0.05, 0.1) is 13.2 Å². The second-order valence-electron chi connectivity index (χ2n) is 3.36. The third-order valence-corrected chi connectivity index (χ3v) is 2.18. The first-order valence-corrected chi connectivity index (χ1v) is 4.63. The molecule has 1 aromatic rings. The van der Waals surface area contributed by atoms with Crippen molar-refractivity contribution in [2.75, 3.05) is 13.2 Å². The third-order valence-electron chi connectivity index (χ3n) is 2.18. The van der Waals surface area contributed by atoms with Crippen molar-refractivity contribution < 1.29 is 9.47 Å². The molecule has 13 heavy (non-hydrogen) atoms. The van der Waals surface area contributed by atoms with Gasteiger partial charge in [0.1, 0.15) is 0 Å². The molecule has 1 heterocycles. The Hall–Kier alpha value is -0.860. The highest BCUT2D eigenvalue weighted by atomic mass is 16.7. The smallest absolute Gasteiger partial charge is 0.161 e. The highest BCUT2D eigenvalue weighted by Crippen LogP contribution is 2.12.